The Hall–Kier alpha value is -1.75. The zero-order valence-electron chi connectivity index (χ0n) is 13.0. The third-order valence-electron chi connectivity index (χ3n) is 3.76. The van der Waals surface area contributed by atoms with Gasteiger partial charge >= 0.3 is 6.09 Å². The number of rotatable bonds is 1. The summed E-state index contributed by atoms with van der Waals surface area (Å²) in [6.45, 7) is 6.35. The fourth-order valence-corrected chi connectivity index (χ4v) is 3.06. The van der Waals surface area contributed by atoms with Crippen molar-refractivity contribution in [2.24, 2.45) is 0 Å². The minimum absolute atomic E-state index is 0.00156. The van der Waals surface area contributed by atoms with Crippen molar-refractivity contribution >= 4 is 28.6 Å². The van der Waals surface area contributed by atoms with Gasteiger partial charge in [-0.3, -0.25) is 4.90 Å². The van der Waals surface area contributed by atoms with Crippen LogP contribution in [0, 0.1) is 0 Å². The van der Waals surface area contributed by atoms with Crippen LogP contribution >= 0.6 is 11.6 Å². The van der Waals surface area contributed by atoms with Crippen LogP contribution in [-0.4, -0.2) is 33.1 Å². The Morgan fingerprint density at radius 3 is 2.95 bits per heavy atom. The fraction of sp³-hybridized carbons (Fsp3) is 0.500. The van der Waals surface area contributed by atoms with E-state index in [0.717, 1.165) is 29.4 Å². The van der Waals surface area contributed by atoms with Crippen molar-refractivity contribution in [3.63, 3.8) is 0 Å². The van der Waals surface area contributed by atoms with Gasteiger partial charge in [-0.05, 0) is 45.7 Å². The minimum atomic E-state index is -0.488. The summed E-state index contributed by atoms with van der Waals surface area (Å²) in [7, 11) is 0. The molecule has 5 nitrogen and oxygen atoms in total. The number of hydrogen-bond donors (Lipinski definition) is 1. The van der Waals surface area contributed by atoms with Crippen LogP contribution in [0.5, 0.6) is 0 Å². The van der Waals surface area contributed by atoms with E-state index >= 15 is 0 Å². The van der Waals surface area contributed by atoms with E-state index in [-0.39, 0.29) is 12.1 Å². The van der Waals surface area contributed by atoms with Gasteiger partial charge < -0.3 is 9.72 Å². The van der Waals surface area contributed by atoms with Gasteiger partial charge in [0.15, 0.2) is 5.15 Å². The number of carbonyl (C=O) groups excluding carboxylic acids is 1. The number of halogens is 1. The first kappa shape index (κ1) is 15.2. The van der Waals surface area contributed by atoms with Crippen LogP contribution in [-0.2, 0) is 4.74 Å². The number of aromatic nitrogens is 2. The van der Waals surface area contributed by atoms with E-state index in [0.29, 0.717) is 11.7 Å². The molecule has 0 radical (unpaired) electrons. The minimum Gasteiger partial charge on any atom is -0.444 e. The quantitative estimate of drug-likeness (QED) is 0.797. The molecule has 2 aromatic rings. The summed E-state index contributed by atoms with van der Waals surface area (Å²) in [5.41, 5.74) is 1.31. The zero-order chi connectivity index (χ0) is 15.9. The Balaban J connectivity index is 1.88. The lowest BCUT2D eigenvalue weighted by molar-refractivity contribution is 0.0222. The zero-order valence-corrected chi connectivity index (χ0v) is 13.8. The fourth-order valence-electron chi connectivity index (χ4n) is 2.85. The highest BCUT2D eigenvalue weighted by Gasteiger charge is 2.34. The van der Waals surface area contributed by atoms with Gasteiger partial charge in [-0.1, -0.05) is 11.6 Å². The molecule has 0 spiro atoms. The number of amides is 1. The highest BCUT2D eigenvalue weighted by atomic mass is 35.5. The molecule has 1 N–H and O–H groups in total. The number of H-pyrrole nitrogens is 1. The first-order valence-electron chi connectivity index (χ1n) is 7.48. The van der Waals surface area contributed by atoms with E-state index in [2.05, 4.69) is 9.97 Å². The molecule has 1 aliphatic heterocycles. The molecule has 6 heteroatoms. The summed E-state index contributed by atoms with van der Waals surface area (Å²) < 4.78 is 5.51. The van der Waals surface area contributed by atoms with Crippen molar-refractivity contribution in [1.82, 2.24) is 14.9 Å². The smallest absolute Gasteiger partial charge is 0.410 e. The topological polar surface area (TPSA) is 58.2 Å². The van der Waals surface area contributed by atoms with Crippen molar-refractivity contribution in [2.45, 2.75) is 45.3 Å². The van der Waals surface area contributed by atoms with Gasteiger partial charge in [0, 0.05) is 23.8 Å². The van der Waals surface area contributed by atoms with Crippen molar-refractivity contribution in [3.05, 3.63) is 29.2 Å². The molecule has 1 amide bonds. The summed E-state index contributed by atoms with van der Waals surface area (Å²) in [5.74, 6) is 0. The normalized spacial score (nSPS) is 18.9. The molecule has 22 heavy (non-hydrogen) atoms. The molecule has 1 aliphatic rings. The van der Waals surface area contributed by atoms with Gasteiger partial charge in [-0.15, -0.1) is 0 Å². The molecule has 0 aromatic carbocycles. The number of hydrogen-bond acceptors (Lipinski definition) is 3. The maximum absolute atomic E-state index is 12.4. The highest BCUT2D eigenvalue weighted by molar-refractivity contribution is 6.33. The number of fused-ring (bicyclic) bond motifs is 1. The Morgan fingerprint density at radius 1 is 1.50 bits per heavy atom. The van der Waals surface area contributed by atoms with Crippen molar-refractivity contribution in [2.75, 3.05) is 6.54 Å². The lowest BCUT2D eigenvalue weighted by atomic mass is 10.1. The van der Waals surface area contributed by atoms with Crippen LogP contribution in [0.3, 0.4) is 0 Å². The first-order valence-corrected chi connectivity index (χ1v) is 7.86. The van der Waals surface area contributed by atoms with Crippen molar-refractivity contribution in [1.29, 1.82) is 0 Å². The van der Waals surface area contributed by atoms with Gasteiger partial charge in [0.1, 0.15) is 5.60 Å². The Kier molecular flexibility index (Phi) is 3.77. The van der Waals surface area contributed by atoms with E-state index < -0.39 is 5.60 Å². The molecule has 118 valence electrons. The van der Waals surface area contributed by atoms with E-state index in [4.69, 9.17) is 16.3 Å². The van der Waals surface area contributed by atoms with Crippen LogP contribution in [0.15, 0.2) is 18.3 Å². The number of nitrogens with one attached hydrogen (secondary N) is 1. The van der Waals surface area contributed by atoms with Gasteiger partial charge in [0.05, 0.1) is 11.6 Å². The molecule has 2 aromatic heterocycles. The summed E-state index contributed by atoms with van der Waals surface area (Å²) in [5, 5.41) is 1.46. The van der Waals surface area contributed by atoms with E-state index in [1.165, 1.54) is 0 Å². The van der Waals surface area contributed by atoms with Gasteiger partial charge in [-0.2, -0.15) is 0 Å². The van der Waals surface area contributed by atoms with E-state index in [9.17, 15) is 4.79 Å². The third-order valence-corrected chi connectivity index (χ3v) is 4.04. The van der Waals surface area contributed by atoms with Crippen LogP contribution in [0.2, 0.25) is 5.15 Å². The van der Waals surface area contributed by atoms with Crippen LogP contribution in [0.4, 0.5) is 4.79 Å². The highest BCUT2D eigenvalue weighted by Crippen LogP contribution is 2.35. The molecule has 1 saturated heterocycles. The molecular formula is C16H20ClN3O2. The SMILES string of the molecule is CC(C)(C)OC(=O)N1CCCC1c1cc2ccnc(Cl)c2[nH]1. The average Bonchev–Trinajstić information content (AvgIpc) is 3.03. The van der Waals surface area contributed by atoms with Crippen LogP contribution in [0.1, 0.15) is 45.3 Å². The number of carbonyl (C=O) groups is 1. The molecule has 1 atom stereocenters. The lowest BCUT2D eigenvalue weighted by Crippen LogP contribution is -2.36. The summed E-state index contributed by atoms with van der Waals surface area (Å²) >= 11 is 6.12. The predicted molar refractivity (Wildman–Crippen MR) is 86.0 cm³/mol. The molecule has 1 unspecified atom stereocenters. The van der Waals surface area contributed by atoms with E-state index in [1.54, 1.807) is 11.1 Å². The lowest BCUT2D eigenvalue weighted by Gasteiger charge is -2.28. The third kappa shape index (κ3) is 2.90. The van der Waals surface area contributed by atoms with Gasteiger partial charge in [0.25, 0.3) is 0 Å². The largest absolute Gasteiger partial charge is 0.444 e. The second-order valence-corrected chi connectivity index (χ2v) is 6.98. The molecule has 0 saturated carbocycles. The number of likely N-dealkylation sites (tertiary alicyclic amines) is 1. The standard InChI is InChI=1S/C16H20ClN3O2/c1-16(2,3)22-15(21)20-8-4-5-12(20)11-9-10-6-7-18-14(17)13(10)19-11/h6-7,9,12,19H,4-5,8H2,1-3H3. The van der Waals surface area contributed by atoms with Crippen molar-refractivity contribution < 1.29 is 9.53 Å². The summed E-state index contributed by atoms with van der Waals surface area (Å²) in [6.07, 6.45) is 3.29. The molecule has 3 heterocycles. The molecule has 1 fully saturated rings. The molecule has 3 rings (SSSR count). The van der Waals surface area contributed by atoms with Crippen LogP contribution in [0.25, 0.3) is 10.9 Å². The molecule has 0 aliphatic carbocycles. The summed E-state index contributed by atoms with van der Waals surface area (Å²) in [6, 6.07) is 3.95. The second kappa shape index (κ2) is 5.47. The maximum atomic E-state index is 12.4. The Bertz CT molecular complexity index is 705. The number of nitrogens with zero attached hydrogens (tertiary/aromatic N) is 2. The number of pyridine rings is 1. The predicted octanol–water partition coefficient (Wildman–Crippen LogP) is 4.29. The summed E-state index contributed by atoms with van der Waals surface area (Å²) in [4.78, 5) is 21.6. The maximum Gasteiger partial charge on any atom is 0.410 e. The number of aromatic amines is 1. The van der Waals surface area contributed by atoms with Crippen LogP contribution < -0.4 is 0 Å². The number of ether oxygens (including phenoxy) is 1. The van der Waals surface area contributed by atoms with Gasteiger partial charge in [-0.25, -0.2) is 9.78 Å². The van der Waals surface area contributed by atoms with E-state index in [1.807, 2.05) is 32.9 Å². The first-order chi connectivity index (χ1) is 10.3. The van der Waals surface area contributed by atoms with Gasteiger partial charge in [0.2, 0.25) is 0 Å². The second-order valence-electron chi connectivity index (χ2n) is 6.62. The monoisotopic (exact) mass is 321 g/mol. The Morgan fingerprint density at radius 2 is 2.27 bits per heavy atom. The molecule has 0 bridgehead atoms. The Labute approximate surface area is 134 Å². The average molecular weight is 322 g/mol. The van der Waals surface area contributed by atoms with Crippen molar-refractivity contribution in [3.8, 4) is 0 Å². The molecular weight excluding hydrogens is 302 g/mol.